The van der Waals surface area contributed by atoms with Crippen LogP contribution in [-0.2, 0) is 32.7 Å². The number of likely N-dealkylation sites (N-methyl/N-ethyl adjacent to an activating group) is 1. The van der Waals surface area contributed by atoms with Gasteiger partial charge >= 0.3 is 19.8 Å². The summed E-state index contributed by atoms with van der Waals surface area (Å²) in [5.41, 5.74) is 0. The minimum Gasteiger partial charge on any atom is -0.462 e. The number of hydrogen-bond acceptors (Lipinski definition) is 7. The molecule has 0 heterocycles. The van der Waals surface area contributed by atoms with Crippen LogP contribution in [0.2, 0.25) is 0 Å². The first-order valence-electron chi connectivity index (χ1n) is 37.0. The first-order valence-corrected chi connectivity index (χ1v) is 38.5. The summed E-state index contributed by atoms with van der Waals surface area (Å²) in [7, 11) is 1.49. The first kappa shape index (κ1) is 83.7. The Morgan fingerprint density at radius 3 is 1.00 bits per heavy atom. The van der Waals surface area contributed by atoms with Crippen molar-refractivity contribution in [3.8, 4) is 0 Å². The zero-order valence-electron chi connectivity index (χ0n) is 57.6. The van der Waals surface area contributed by atoms with E-state index in [9.17, 15) is 19.0 Å². The molecule has 0 bridgehead atoms. The molecule has 0 fully saturated rings. The number of allylic oxidation sites excluding steroid dienone is 10. The molecule has 2 unspecified atom stereocenters. The van der Waals surface area contributed by atoms with Gasteiger partial charge in [0, 0.05) is 12.8 Å². The van der Waals surface area contributed by atoms with Gasteiger partial charge in [0.15, 0.2) is 6.10 Å². The van der Waals surface area contributed by atoms with Gasteiger partial charge in [0.25, 0.3) is 0 Å². The van der Waals surface area contributed by atoms with E-state index in [1.54, 1.807) is 0 Å². The zero-order valence-corrected chi connectivity index (χ0v) is 58.5. The topological polar surface area (TPSA) is 108 Å². The average Bonchev–Trinajstić information content (AvgIpc) is 3.56. The highest BCUT2D eigenvalue weighted by Gasteiger charge is 2.27. The highest BCUT2D eigenvalue weighted by atomic mass is 31.2. The van der Waals surface area contributed by atoms with Gasteiger partial charge in [-0.3, -0.25) is 18.6 Å². The zero-order chi connectivity index (χ0) is 62.6. The molecular formula is C76H143NO8P+. The van der Waals surface area contributed by atoms with E-state index in [0.717, 1.165) is 57.8 Å². The lowest BCUT2D eigenvalue weighted by Gasteiger charge is -2.24. The molecular weight excluding hydrogens is 1090 g/mol. The van der Waals surface area contributed by atoms with Crippen molar-refractivity contribution in [2.24, 2.45) is 0 Å². The van der Waals surface area contributed by atoms with Crippen molar-refractivity contribution >= 4 is 19.8 Å². The maximum Gasteiger partial charge on any atom is 0.472 e. The van der Waals surface area contributed by atoms with E-state index in [1.807, 2.05) is 21.1 Å². The number of hydrogen-bond donors (Lipinski definition) is 1. The Morgan fingerprint density at radius 2 is 0.663 bits per heavy atom. The molecule has 0 saturated carbocycles. The maximum absolute atomic E-state index is 12.9. The van der Waals surface area contributed by atoms with Crippen LogP contribution in [-0.4, -0.2) is 74.9 Å². The van der Waals surface area contributed by atoms with Crippen molar-refractivity contribution in [3.05, 3.63) is 60.8 Å². The minimum absolute atomic E-state index is 0.0336. The summed E-state index contributed by atoms with van der Waals surface area (Å²) >= 11 is 0. The molecule has 0 spiro atoms. The second-order valence-electron chi connectivity index (χ2n) is 26.3. The minimum atomic E-state index is -4.39. The summed E-state index contributed by atoms with van der Waals surface area (Å²) in [4.78, 5) is 35.9. The number of nitrogens with zero attached hydrogens (tertiary/aromatic N) is 1. The monoisotopic (exact) mass is 1230 g/mol. The van der Waals surface area contributed by atoms with Crippen molar-refractivity contribution in [1.82, 2.24) is 0 Å². The summed E-state index contributed by atoms with van der Waals surface area (Å²) < 4.78 is 34.8. The number of carbonyl (C=O) groups is 2. The number of phosphoric ester groups is 1. The summed E-state index contributed by atoms with van der Waals surface area (Å²) in [6.07, 6.45) is 89.2. The van der Waals surface area contributed by atoms with E-state index < -0.39 is 26.5 Å². The van der Waals surface area contributed by atoms with Crippen LogP contribution in [0.5, 0.6) is 0 Å². The Balaban J connectivity index is 3.92. The Hall–Kier alpha value is -2.29. The number of esters is 2. The normalized spacial score (nSPS) is 13.4. The highest BCUT2D eigenvalue weighted by Crippen LogP contribution is 2.43. The number of phosphoric acid groups is 1. The van der Waals surface area contributed by atoms with Gasteiger partial charge in [-0.2, -0.15) is 0 Å². The second-order valence-corrected chi connectivity index (χ2v) is 27.8. The lowest BCUT2D eigenvalue weighted by Crippen LogP contribution is -2.37. The Kier molecular flexibility index (Phi) is 65.3. The third-order valence-electron chi connectivity index (χ3n) is 16.5. The molecule has 0 aliphatic rings. The molecule has 0 saturated heterocycles. The number of unbranched alkanes of at least 4 members (excludes halogenated alkanes) is 45. The van der Waals surface area contributed by atoms with Crippen LogP contribution in [0.4, 0.5) is 0 Å². The molecule has 0 aromatic rings. The lowest BCUT2D eigenvalue weighted by atomic mass is 10.0. The third-order valence-corrected chi connectivity index (χ3v) is 17.5. The number of carbonyl (C=O) groups excluding carboxylic acids is 2. The molecule has 0 radical (unpaired) electrons. The molecule has 10 heteroatoms. The third kappa shape index (κ3) is 70.8. The Bertz CT molecular complexity index is 1630. The Labute approximate surface area is 534 Å². The molecule has 0 aliphatic carbocycles. The molecule has 1 N–H and O–H groups in total. The fraction of sp³-hybridized carbons (Fsp3) is 0.842. The molecule has 0 rings (SSSR count). The molecule has 0 aromatic heterocycles. The molecule has 0 aromatic carbocycles. The maximum atomic E-state index is 12.9. The van der Waals surface area contributed by atoms with Crippen molar-refractivity contribution in [1.29, 1.82) is 0 Å². The second kappa shape index (κ2) is 67.1. The van der Waals surface area contributed by atoms with E-state index in [1.165, 1.54) is 270 Å². The van der Waals surface area contributed by atoms with Gasteiger partial charge in [0.1, 0.15) is 19.8 Å². The predicted octanol–water partition coefficient (Wildman–Crippen LogP) is 24.2. The average molecular weight is 1230 g/mol. The van der Waals surface area contributed by atoms with Crippen LogP contribution in [0.3, 0.4) is 0 Å². The SMILES string of the molecule is CC/C=C\C/C=C\C/C=C\C/C=C\CCCCCCCCCCCCCCCCCCCCCCCCCCCCC(=O)OC(COC(=O)CCCCCCCCCCCCC/C=C\CCCCCCCCCC)COP(=O)(O)OCC[N+](C)(C)C. The van der Waals surface area contributed by atoms with Crippen molar-refractivity contribution in [3.63, 3.8) is 0 Å². The molecule has 9 nitrogen and oxygen atoms in total. The molecule has 504 valence electrons. The van der Waals surface area contributed by atoms with Gasteiger partial charge in [0.05, 0.1) is 27.7 Å². The van der Waals surface area contributed by atoms with E-state index >= 15 is 0 Å². The van der Waals surface area contributed by atoms with E-state index in [0.29, 0.717) is 23.9 Å². The molecule has 86 heavy (non-hydrogen) atoms. The standard InChI is InChI=1S/C76H142NO8P/c1-6-8-10-12-14-16-18-20-22-24-26-28-30-31-32-33-34-35-36-37-38-39-40-41-42-43-44-45-47-49-51-53-55-57-59-61-63-65-67-69-76(79)85-74(73-84-86(80,81)83-71-70-77(3,4)5)72-82-75(78)68-66-64-62-60-58-56-54-52-50-48-46-29-27-25-23-21-19-17-15-13-11-9-7-2/h8,10,14,16,20,22,25-28,74H,6-7,9,11-13,15,17-19,21,23-24,29-73H2,1-5H3/p+1/b10-8-,16-14-,22-20-,27-25-,28-26-. The van der Waals surface area contributed by atoms with E-state index in [-0.39, 0.29) is 25.6 Å². The van der Waals surface area contributed by atoms with E-state index in [2.05, 4.69) is 74.6 Å². The summed E-state index contributed by atoms with van der Waals surface area (Å²) in [5.74, 6) is -0.778. The summed E-state index contributed by atoms with van der Waals surface area (Å²) in [6.45, 7) is 4.38. The van der Waals surface area contributed by atoms with Crippen LogP contribution in [0.15, 0.2) is 60.8 Å². The predicted molar refractivity (Wildman–Crippen MR) is 372 cm³/mol. The number of quaternary nitrogens is 1. The molecule has 2 atom stereocenters. The van der Waals surface area contributed by atoms with Crippen LogP contribution in [0.25, 0.3) is 0 Å². The van der Waals surface area contributed by atoms with Gasteiger partial charge in [-0.15, -0.1) is 0 Å². The fourth-order valence-electron chi connectivity index (χ4n) is 10.9. The van der Waals surface area contributed by atoms with Crippen LogP contribution in [0, 0.1) is 0 Å². The Morgan fingerprint density at radius 1 is 0.372 bits per heavy atom. The van der Waals surface area contributed by atoms with Gasteiger partial charge < -0.3 is 18.9 Å². The lowest BCUT2D eigenvalue weighted by molar-refractivity contribution is -0.870. The first-order chi connectivity index (χ1) is 42.0. The summed E-state index contributed by atoms with van der Waals surface area (Å²) in [6, 6.07) is 0. The van der Waals surface area contributed by atoms with Crippen molar-refractivity contribution in [2.75, 3.05) is 47.5 Å². The van der Waals surface area contributed by atoms with Crippen LogP contribution in [0.1, 0.15) is 361 Å². The highest BCUT2D eigenvalue weighted by molar-refractivity contribution is 7.47. The van der Waals surface area contributed by atoms with Gasteiger partial charge in [-0.05, 0) is 77.0 Å². The van der Waals surface area contributed by atoms with Gasteiger partial charge in [-0.25, -0.2) is 4.57 Å². The largest absolute Gasteiger partial charge is 0.472 e. The van der Waals surface area contributed by atoms with Gasteiger partial charge in [0.2, 0.25) is 0 Å². The fourth-order valence-corrected chi connectivity index (χ4v) is 11.6. The van der Waals surface area contributed by atoms with Gasteiger partial charge in [-0.1, -0.05) is 331 Å². The van der Waals surface area contributed by atoms with Crippen LogP contribution >= 0.6 is 7.82 Å². The van der Waals surface area contributed by atoms with Crippen molar-refractivity contribution < 1.29 is 42.1 Å². The summed E-state index contributed by atoms with van der Waals surface area (Å²) in [5, 5.41) is 0. The van der Waals surface area contributed by atoms with Crippen molar-refractivity contribution in [2.45, 2.75) is 367 Å². The molecule has 0 aliphatic heterocycles. The molecule has 0 amide bonds. The number of ether oxygens (including phenoxy) is 2. The smallest absolute Gasteiger partial charge is 0.462 e. The quantitative estimate of drug-likeness (QED) is 0.0211. The van der Waals surface area contributed by atoms with Crippen LogP contribution < -0.4 is 0 Å². The number of rotatable bonds is 69. The van der Waals surface area contributed by atoms with E-state index in [4.69, 9.17) is 18.5 Å².